The average molecular weight is 394 g/mol. The largest absolute Gasteiger partial charge is 0.295 e. The minimum Gasteiger partial charge on any atom is -0.295 e. The maximum atomic E-state index is 12.9. The smallest absolute Gasteiger partial charge is 0.278 e. The van der Waals surface area contributed by atoms with E-state index in [0.29, 0.717) is 16.9 Å². The van der Waals surface area contributed by atoms with Crippen molar-refractivity contribution in [3.63, 3.8) is 0 Å². The van der Waals surface area contributed by atoms with Gasteiger partial charge in [-0.3, -0.25) is 19.6 Å². The number of fused-ring (bicyclic) bond motifs is 1. The van der Waals surface area contributed by atoms with E-state index in [2.05, 4.69) is 14.8 Å². The summed E-state index contributed by atoms with van der Waals surface area (Å²) in [6.45, 7) is 1.84. The SMILES string of the molecule is Cc1[nH]n(-c2ccc(NS(C)(=O)=O)cc2)c(=O)c1/C=C1\C=Nc2ccccc21. The zero-order valence-corrected chi connectivity index (χ0v) is 16.1. The Morgan fingerprint density at radius 3 is 2.54 bits per heavy atom. The van der Waals surface area contributed by atoms with Crippen LogP contribution in [0.15, 0.2) is 58.3 Å². The van der Waals surface area contributed by atoms with E-state index >= 15 is 0 Å². The van der Waals surface area contributed by atoms with Crippen LogP contribution in [0.25, 0.3) is 17.3 Å². The lowest BCUT2D eigenvalue weighted by Gasteiger charge is -2.05. The number of aryl methyl sites for hydroxylation is 1. The molecule has 0 fully saturated rings. The molecule has 0 amide bonds. The van der Waals surface area contributed by atoms with Gasteiger partial charge in [0.1, 0.15) is 0 Å². The van der Waals surface area contributed by atoms with Gasteiger partial charge in [-0.2, -0.15) is 0 Å². The number of allylic oxidation sites excluding steroid dienone is 1. The highest BCUT2D eigenvalue weighted by Gasteiger charge is 2.15. The second kappa shape index (κ2) is 6.65. The molecule has 2 aromatic carbocycles. The van der Waals surface area contributed by atoms with Crippen LogP contribution in [0.2, 0.25) is 0 Å². The molecule has 0 aliphatic carbocycles. The molecule has 1 aliphatic heterocycles. The molecule has 8 heteroatoms. The van der Waals surface area contributed by atoms with Gasteiger partial charge in [0, 0.05) is 28.7 Å². The van der Waals surface area contributed by atoms with Crippen LogP contribution in [0.1, 0.15) is 16.8 Å². The molecule has 4 rings (SSSR count). The van der Waals surface area contributed by atoms with Crippen LogP contribution in [0.4, 0.5) is 11.4 Å². The van der Waals surface area contributed by atoms with Gasteiger partial charge in [-0.05, 0) is 43.3 Å². The van der Waals surface area contributed by atoms with E-state index in [1.165, 1.54) is 4.68 Å². The number of sulfonamides is 1. The Balaban J connectivity index is 1.70. The predicted octanol–water partition coefficient (Wildman–Crippen LogP) is 3.10. The van der Waals surface area contributed by atoms with Crippen molar-refractivity contribution >= 4 is 39.3 Å². The highest BCUT2D eigenvalue weighted by Crippen LogP contribution is 2.32. The number of para-hydroxylation sites is 1. The van der Waals surface area contributed by atoms with E-state index in [1.807, 2.05) is 37.3 Å². The highest BCUT2D eigenvalue weighted by molar-refractivity contribution is 7.92. The number of hydrogen-bond donors (Lipinski definition) is 2. The van der Waals surface area contributed by atoms with Crippen LogP contribution in [0.3, 0.4) is 0 Å². The Hall–Kier alpha value is -3.39. The van der Waals surface area contributed by atoms with Crippen molar-refractivity contribution in [2.45, 2.75) is 6.92 Å². The first-order chi connectivity index (χ1) is 13.3. The zero-order chi connectivity index (χ0) is 19.9. The van der Waals surface area contributed by atoms with Crippen LogP contribution < -0.4 is 10.3 Å². The maximum Gasteiger partial charge on any atom is 0.278 e. The van der Waals surface area contributed by atoms with Crippen LogP contribution in [0.5, 0.6) is 0 Å². The average Bonchev–Trinajstić information content (AvgIpc) is 3.17. The topological polar surface area (TPSA) is 96.3 Å². The van der Waals surface area contributed by atoms with E-state index in [9.17, 15) is 13.2 Å². The minimum absolute atomic E-state index is 0.188. The summed E-state index contributed by atoms with van der Waals surface area (Å²) in [4.78, 5) is 17.3. The predicted molar refractivity (Wildman–Crippen MR) is 112 cm³/mol. The van der Waals surface area contributed by atoms with Crippen LogP contribution in [-0.2, 0) is 10.0 Å². The number of benzene rings is 2. The van der Waals surface area contributed by atoms with Crippen molar-refractivity contribution < 1.29 is 8.42 Å². The Labute approximate surface area is 162 Å². The summed E-state index contributed by atoms with van der Waals surface area (Å²) in [5.41, 5.74) is 4.90. The second-order valence-electron chi connectivity index (χ2n) is 6.59. The van der Waals surface area contributed by atoms with Gasteiger partial charge in [-0.15, -0.1) is 0 Å². The number of nitrogens with zero attached hydrogens (tertiary/aromatic N) is 2. The molecule has 2 N–H and O–H groups in total. The number of H-pyrrole nitrogens is 1. The fourth-order valence-corrected chi connectivity index (χ4v) is 3.68. The fraction of sp³-hybridized carbons (Fsp3) is 0.100. The standard InChI is InChI=1S/C20H18N4O3S/c1-13-18(11-14-12-21-19-6-4-3-5-17(14)19)20(25)24(22-13)16-9-7-15(8-10-16)23-28(2,26)27/h3-12,22-23H,1-2H3/b14-11+. The van der Waals surface area contributed by atoms with Gasteiger partial charge in [0.05, 0.1) is 23.2 Å². The monoisotopic (exact) mass is 394 g/mol. The quantitative estimate of drug-likeness (QED) is 0.712. The van der Waals surface area contributed by atoms with Gasteiger partial charge in [0.15, 0.2) is 0 Å². The minimum atomic E-state index is -3.35. The van der Waals surface area contributed by atoms with Crippen molar-refractivity contribution in [3.8, 4) is 5.69 Å². The van der Waals surface area contributed by atoms with Gasteiger partial charge in [0.2, 0.25) is 10.0 Å². The lowest BCUT2D eigenvalue weighted by Crippen LogP contribution is -2.16. The number of anilines is 1. The van der Waals surface area contributed by atoms with Crippen LogP contribution in [0, 0.1) is 6.92 Å². The molecule has 0 atom stereocenters. The molecule has 7 nitrogen and oxygen atoms in total. The molecule has 1 aromatic heterocycles. The molecule has 0 unspecified atom stereocenters. The third-order valence-electron chi connectivity index (χ3n) is 4.40. The summed E-state index contributed by atoms with van der Waals surface area (Å²) in [7, 11) is -3.35. The zero-order valence-electron chi connectivity index (χ0n) is 15.3. The molecule has 0 spiro atoms. The first-order valence-corrected chi connectivity index (χ1v) is 10.5. The Bertz CT molecular complexity index is 1280. The van der Waals surface area contributed by atoms with Gasteiger partial charge >= 0.3 is 0 Å². The van der Waals surface area contributed by atoms with Crippen LogP contribution >= 0.6 is 0 Å². The van der Waals surface area contributed by atoms with Gasteiger partial charge < -0.3 is 0 Å². The summed E-state index contributed by atoms with van der Waals surface area (Å²) in [5, 5.41) is 3.07. The molecule has 1 aliphatic rings. The van der Waals surface area contributed by atoms with Crippen LogP contribution in [-0.4, -0.2) is 30.7 Å². The lowest BCUT2D eigenvalue weighted by molar-refractivity contribution is 0.607. The number of aromatic amines is 1. The molecule has 0 saturated carbocycles. The second-order valence-corrected chi connectivity index (χ2v) is 8.34. The highest BCUT2D eigenvalue weighted by atomic mass is 32.2. The summed E-state index contributed by atoms with van der Waals surface area (Å²) < 4.78 is 26.5. The first-order valence-electron chi connectivity index (χ1n) is 8.57. The Kier molecular flexibility index (Phi) is 4.27. The van der Waals surface area contributed by atoms with Crippen molar-refractivity contribution in [2.24, 2.45) is 4.99 Å². The molecular weight excluding hydrogens is 376 g/mol. The van der Waals surface area contributed by atoms with Gasteiger partial charge in [-0.25, -0.2) is 13.1 Å². The Morgan fingerprint density at radius 1 is 1.11 bits per heavy atom. The van der Waals surface area contributed by atoms with E-state index in [0.717, 1.165) is 28.8 Å². The van der Waals surface area contributed by atoms with E-state index in [4.69, 9.17) is 0 Å². The van der Waals surface area contributed by atoms with E-state index < -0.39 is 10.0 Å². The summed E-state index contributed by atoms with van der Waals surface area (Å²) in [5.74, 6) is 0. The van der Waals surface area contributed by atoms with Crippen molar-refractivity contribution in [1.29, 1.82) is 0 Å². The van der Waals surface area contributed by atoms with Crippen molar-refractivity contribution in [2.75, 3.05) is 11.0 Å². The molecule has 28 heavy (non-hydrogen) atoms. The van der Waals surface area contributed by atoms with Gasteiger partial charge in [0.25, 0.3) is 5.56 Å². The Morgan fingerprint density at radius 2 is 1.82 bits per heavy atom. The number of rotatable bonds is 4. The third-order valence-corrected chi connectivity index (χ3v) is 5.01. The molecule has 0 saturated heterocycles. The van der Waals surface area contributed by atoms with Crippen molar-refractivity contribution in [3.05, 3.63) is 75.7 Å². The normalized spacial score (nSPS) is 14.4. The van der Waals surface area contributed by atoms with E-state index in [-0.39, 0.29) is 5.56 Å². The first kappa shape index (κ1) is 18.0. The lowest BCUT2D eigenvalue weighted by atomic mass is 10.0. The molecule has 142 valence electrons. The number of hydrogen-bond acceptors (Lipinski definition) is 4. The summed E-state index contributed by atoms with van der Waals surface area (Å²) >= 11 is 0. The molecule has 0 radical (unpaired) electrons. The number of nitrogens with one attached hydrogen (secondary N) is 2. The summed E-state index contributed by atoms with van der Waals surface area (Å²) in [6, 6.07) is 14.3. The fourth-order valence-electron chi connectivity index (χ4n) is 3.11. The third kappa shape index (κ3) is 3.41. The molecular formula is C20H18N4O3S. The molecule has 2 heterocycles. The van der Waals surface area contributed by atoms with E-state index in [1.54, 1.807) is 30.5 Å². The van der Waals surface area contributed by atoms with Crippen molar-refractivity contribution in [1.82, 2.24) is 9.78 Å². The molecule has 0 bridgehead atoms. The number of aliphatic imine (C=N–C) groups is 1. The summed E-state index contributed by atoms with van der Waals surface area (Å²) in [6.07, 6.45) is 4.68. The molecule has 3 aromatic rings. The van der Waals surface area contributed by atoms with Gasteiger partial charge in [-0.1, -0.05) is 18.2 Å². The maximum absolute atomic E-state index is 12.9. The number of aromatic nitrogens is 2.